The molecule has 0 aliphatic heterocycles. The highest BCUT2D eigenvalue weighted by Gasteiger charge is 2.54. The molecule has 3 aromatic rings. The first-order valence-corrected chi connectivity index (χ1v) is 7.53. The lowest BCUT2D eigenvalue weighted by atomic mass is 10.0. The van der Waals surface area contributed by atoms with Crippen LogP contribution in [0.25, 0.3) is 11.3 Å². The number of amides is 1. The Morgan fingerprint density at radius 2 is 1.87 bits per heavy atom. The van der Waals surface area contributed by atoms with Crippen molar-refractivity contribution in [2.45, 2.75) is 18.3 Å². The quantitative estimate of drug-likeness (QED) is 0.802. The summed E-state index contributed by atoms with van der Waals surface area (Å²) in [6.07, 6.45) is 3.19. The fourth-order valence-corrected chi connectivity index (χ4v) is 2.64. The number of aromatic nitrogens is 2. The van der Waals surface area contributed by atoms with Gasteiger partial charge in [0.2, 0.25) is 5.91 Å². The van der Waals surface area contributed by atoms with Crippen LogP contribution in [0.3, 0.4) is 0 Å². The second-order valence-electron chi connectivity index (χ2n) is 5.69. The number of rotatable bonds is 4. The Kier molecular flexibility index (Phi) is 3.19. The van der Waals surface area contributed by atoms with E-state index in [0.29, 0.717) is 17.3 Å². The number of hydrogen-bond donors (Lipinski definition) is 1. The van der Waals surface area contributed by atoms with Gasteiger partial charge in [-0.15, -0.1) is 0 Å². The van der Waals surface area contributed by atoms with E-state index in [2.05, 4.69) is 15.5 Å². The van der Waals surface area contributed by atoms with Crippen molar-refractivity contribution in [3.63, 3.8) is 0 Å². The molecule has 0 unspecified atom stereocenters. The number of carbonyl (C=O) groups is 1. The molecular formula is C18H15N3O2. The average molecular weight is 305 g/mol. The first kappa shape index (κ1) is 13.7. The minimum Gasteiger partial charge on any atom is -0.356 e. The second-order valence-corrected chi connectivity index (χ2v) is 5.69. The van der Waals surface area contributed by atoms with E-state index in [-0.39, 0.29) is 5.91 Å². The van der Waals surface area contributed by atoms with Crippen molar-refractivity contribution in [3.05, 3.63) is 66.5 Å². The smallest absolute Gasteiger partial charge is 0.237 e. The van der Waals surface area contributed by atoms with E-state index in [1.807, 2.05) is 48.5 Å². The number of pyridine rings is 1. The highest BCUT2D eigenvalue weighted by atomic mass is 16.5. The SMILES string of the molecule is O=C(Nc1ccccn1)C1(c2cc(-c3ccccc3)on2)CC1. The zero-order valence-electron chi connectivity index (χ0n) is 12.4. The van der Waals surface area contributed by atoms with Crippen molar-refractivity contribution in [1.82, 2.24) is 10.1 Å². The minimum atomic E-state index is -0.589. The molecule has 0 spiro atoms. The maximum Gasteiger partial charge on any atom is 0.237 e. The summed E-state index contributed by atoms with van der Waals surface area (Å²) in [5.74, 6) is 1.15. The van der Waals surface area contributed by atoms with Crippen molar-refractivity contribution in [1.29, 1.82) is 0 Å². The maximum absolute atomic E-state index is 12.6. The third-order valence-electron chi connectivity index (χ3n) is 4.15. The van der Waals surface area contributed by atoms with Gasteiger partial charge in [0, 0.05) is 17.8 Å². The molecule has 1 amide bonds. The van der Waals surface area contributed by atoms with Crippen LogP contribution in [0.2, 0.25) is 0 Å². The van der Waals surface area contributed by atoms with Crippen molar-refractivity contribution in [2.24, 2.45) is 0 Å². The van der Waals surface area contributed by atoms with E-state index in [0.717, 1.165) is 18.4 Å². The van der Waals surface area contributed by atoms with Crippen LogP contribution in [0.1, 0.15) is 18.5 Å². The van der Waals surface area contributed by atoms with Gasteiger partial charge in [0.25, 0.3) is 0 Å². The molecule has 5 heteroatoms. The monoisotopic (exact) mass is 305 g/mol. The molecule has 23 heavy (non-hydrogen) atoms. The van der Waals surface area contributed by atoms with E-state index < -0.39 is 5.41 Å². The molecule has 1 aliphatic carbocycles. The molecule has 1 fully saturated rings. The predicted molar refractivity (Wildman–Crippen MR) is 85.7 cm³/mol. The van der Waals surface area contributed by atoms with Gasteiger partial charge in [0.15, 0.2) is 5.76 Å². The van der Waals surface area contributed by atoms with Gasteiger partial charge >= 0.3 is 0 Å². The number of carbonyl (C=O) groups excluding carboxylic acids is 1. The molecule has 4 rings (SSSR count). The van der Waals surface area contributed by atoms with Gasteiger partial charge in [0.05, 0.1) is 11.1 Å². The zero-order valence-corrected chi connectivity index (χ0v) is 12.4. The van der Waals surface area contributed by atoms with Gasteiger partial charge in [-0.3, -0.25) is 4.79 Å². The van der Waals surface area contributed by atoms with Crippen LogP contribution in [0.15, 0.2) is 65.3 Å². The van der Waals surface area contributed by atoms with Crippen LogP contribution in [0.4, 0.5) is 5.82 Å². The lowest BCUT2D eigenvalue weighted by molar-refractivity contribution is -0.118. The zero-order chi connectivity index (χ0) is 15.7. The Hall–Kier alpha value is -2.95. The summed E-state index contributed by atoms with van der Waals surface area (Å²) < 4.78 is 5.43. The van der Waals surface area contributed by atoms with Gasteiger partial charge in [-0.1, -0.05) is 41.6 Å². The molecule has 114 valence electrons. The molecule has 2 heterocycles. The van der Waals surface area contributed by atoms with E-state index in [9.17, 15) is 4.79 Å². The number of nitrogens with one attached hydrogen (secondary N) is 1. The molecule has 0 bridgehead atoms. The Morgan fingerprint density at radius 1 is 1.09 bits per heavy atom. The molecule has 1 saturated carbocycles. The Labute approximate surface area is 133 Å². The van der Waals surface area contributed by atoms with Crippen LogP contribution in [-0.4, -0.2) is 16.0 Å². The molecule has 5 nitrogen and oxygen atoms in total. The van der Waals surface area contributed by atoms with Crippen LogP contribution in [0, 0.1) is 0 Å². The predicted octanol–water partition coefficient (Wildman–Crippen LogP) is 3.41. The topological polar surface area (TPSA) is 68.0 Å². The molecule has 2 aromatic heterocycles. The normalized spacial score (nSPS) is 15.1. The van der Waals surface area contributed by atoms with Gasteiger partial charge in [-0.2, -0.15) is 0 Å². The van der Waals surface area contributed by atoms with E-state index in [1.54, 1.807) is 12.3 Å². The fourth-order valence-electron chi connectivity index (χ4n) is 2.64. The molecule has 0 radical (unpaired) electrons. The Morgan fingerprint density at radius 3 is 2.57 bits per heavy atom. The summed E-state index contributed by atoms with van der Waals surface area (Å²) >= 11 is 0. The number of nitrogens with zero attached hydrogens (tertiary/aromatic N) is 2. The molecule has 1 aromatic carbocycles. The first-order valence-electron chi connectivity index (χ1n) is 7.53. The minimum absolute atomic E-state index is 0.0795. The van der Waals surface area contributed by atoms with E-state index >= 15 is 0 Å². The highest BCUT2D eigenvalue weighted by Crippen LogP contribution is 2.49. The van der Waals surface area contributed by atoms with Gasteiger partial charge in [0.1, 0.15) is 5.82 Å². The van der Waals surface area contributed by atoms with Crippen LogP contribution in [0.5, 0.6) is 0 Å². The van der Waals surface area contributed by atoms with Crippen molar-refractivity contribution in [3.8, 4) is 11.3 Å². The van der Waals surface area contributed by atoms with E-state index in [4.69, 9.17) is 4.52 Å². The molecule has 1 N–H and O–H groups in total. The summed E-state index contributed by atoms with van der Waals surface area (Å²) in [4.78, 5) is 16.7. The first-order chi connectivity index (χ1) is 11.3. The summed E-state index contributed by atoms with van der Waals surface area (Å²) in [5, 5.41) is 6.99. The molecule has 0 saturated heterocycles. The summed E-state index contributed by atoms with van der Waals surface area (Å²) in [5.41, 5.74) is 1.05. The number of hydrogen-bond acceptors (Lipinski definition) is 4. The second kappa shape index (κ2) is 5.35. The number of anilines is 1. The summed E-state index contributed by atoms with van der Waals surface area (Å²) in [6.45, 7) is 0. The third kappa shape index (κ3) is 2.50. The Bertz CT molecular complexity index is 824. The van der Waals surface area contributed by atoms with Crippen LogP contribution in [-0.2, 0) is 10.2 Å². The number of benzene rings is 1. The van der Waals surface area contributed by atoms with Crippen molar-refractivity contribution in [2.75, 3.05) is 5.32 Å². The summed E-state index contributed by atoms with van der Waals surface area (Å²) in [7, 11) is 0. The van der Waals surface area contributed by atoms with Gasteiger partial charge in [-0.05, 0) is 25.0 Å². The summed E-state index contributed by atoms with van der Waals surface area (Å²) in [6, 6.07) is 17.0. The van der Waals surface area contributed by atoms with E-state index in [1.165, 1.54) is 0 Å². The largest absolute Gasteiger partial charge is 0.356 e. The lowest BCUT2D eigenvalue weighted by Crippen LogP contribution is -2.28. The molecule has 1 aliphatic rings. The highest BCUT2D eigenvalue weighted by molar-refractivity contribution is 6.00. The Balaban J connectivity index is 1.58. The third-order valence-corrected chi connectivity index (χ3v) is 4.15. The van der Waals surface area contributed by atoms with Crippen LogP contribution < -0.4 is 5.32 Å². The van der Waals surface area contributed by atoms with Crippen molar-refractivity contribution < 1.29 is 9.32 Å². The molecule has 0 atom stereocenters. The van der Waals surface area contributed by atoms with Gasteiger partial charge < -0.3 is 9.84 Å². The average Bonchev–Trinajstić information content (AvgIpc) is 3.27. The standard InChI is InChI=1S/C18H15N3O2/c22-17(20-16-8-4-5-11-19-16)18(9-10-18)15-12-14(23-21-15)13-6-2-1-3-7-13/h1-8,11-12H,9-10H2,(H,19,20,22). The lowest BCUT2D eigenvalue weighted by Gasteiger charge is -2.11. The fraction of sp³-hybridized carbons (Fsp3) is 0.167. The molecular weight excluding hydrogens is 290 g/mol. The van der Waals surface area contributed by atoms with Crippen molar-refractivity contribution >= 4 is 11.7 Å². The maximum atomic E-state index is 12.6. The van der Waals surface area contributed by atoms with Crippen LogP contribution >= 0.6 is 0 Å². The van der Waals surface area contributed by atoms with Gasteiger partial charge in [-0.25, -0.2) is 4.98 Å².